The van der Waals surface area contributed by atoms with Gasteiger partial charge in [-0.25, -0.2) is 0 Å². The minimum Gasteiger partial charge on any atom is -0.348 e. The molecule has 0 bridgehead atoms. The van der Waals surface area contributed by atoms with Gasteiger partial charge in [-0.15, -0.1) is 16.8 Å². The van der Waals surface area contributed by atoms with Crippen molar-refractivity contribution in [3.8, 4) is 11.4 Å². The smallest absolute Gasteiger partial charge is 0.235 e. The number of pyridine rings is 1. The van der Waals surface area contributed by atoms with Gasteiger partial charge in [-0.05, 0) is 19.1 Å². The molecule has 1 atom stereocenters. The van der Waals surface area contributed by atoms with Crippen molar-refractivity contribution < 1.29 is 4.79 Å². The molecular weight excluding hydrogens is 298 g/mol. The molecule has 116 valence electrons. The van der Waals surface area contributed by atoms with Crippen LogP contribution in [-0.4, -0.2) is 49.9 Å². The second-order valence-electron chi connectivity index (χ2n) is 4.93. The van der Waals surface area contributed by atoms with E-state index in [0.29, 0.717) is 11.7 Å². The van der Waals surface area contributed by atoms with Gasteiger partial charge >= 0.3 is 0 Å². The number of amides is 1. The van der Waals surface area contributed by atoms with Crippen molar-refractivity contribution in [3.05, 3.63) is 37.2 Å². The molecule has 6 nitrogen and oxygen atoms in total. The minimum absolute atomic E-state index is 0.0450. The van der Waals surface area contributed by atoms with E-state index in [4.69, 9.17) is 0 Å². The summed E-state index contributed by atoms with van der Waals surface area (Å²) in [5.74, 6) is 0.790. The summed E-state index contributed by atoms with van der Waals surface area (Å²) in [5, 5.41) is 8.96. The number of hydrogen-bond donors (Lipinski definition) is 0. The number of carbonyl (C=O) groups excluding carboxylic acids is 1. The number of aromatic nitrogens is 4. The van der Waals surface area contributed by atoms with E-state index in [9.17, 15) is 4.79 Å². The first-order valence-electron chi connectivity index (χ1n) is 6.87. The SMILES string of the molecule is C=CCn1c(S[C@@H](C)C(=O)N(C)C)nnc1-c1ccncc1. The number of thioether (sulfide) groups is 1. The second-order valence-corrected chi connectivity index (χ2v) is 6.24. The van der Waals surface area contributed by atoms with Crippen LogP contribution in [0.5, 0.6) is 0 Å². The molecular formula is C15H19N5OS. The van der Waals surface area contributed by atoms with Crippen molar-refractivity contribution in [3.63, 3.8) is 0 Å². The van der Waals surface area contributed by atoms with Gasteiger partial charge in [-0.2, -0.15) is 0 Å². The molecule has 0 aromatic carbocycles. The van der Waals surface area contributed by atoms with Crippen LogP contribution in [-0.2, 0) is 11.3 Å². The van der Waals surface area contributed by atoms with Gasteiger partial charge in [-0.1, -0.05) is 17.8 Å². The molecule has 0 saturated carbocycles. The molecule has 0 fully saturated rings. The van der Waals surface area contributed by atoms with Crippen molar-refractivity contribution in [1.29, 1.82) is 0 Å². The highest BCUT2D eigenvalue weighted by Gasteiger charge is 2.21. The summed E-state index contributed by atoms with van der Waals surface area (Å²) in [5.41, 5.74) is 0.933. The van der Waals surface area contributed by atoms with Crippen LogP contribution in [0, 0.1) is 0 Å². The topological polar surface area (TPSA) is 63.9 Å². The molecule has 2 aromatic heterocycles. The first kappa shape index (κ1) is 16.2. The van der Waals surface area contributed by atoms with E-state index in [1.807, 2.05) is 23.6 Å². The van der Waals surface area contributed by atoms with E-state index in [1.165, 1.54) is 11.8 Å². The largest absolute Gasteiger partial charge is 0.348 e. The highest BCUT2D eigenvalue weighted by atomic mass is 32.2. The zero-order valence-electron chi connectivity index (χ0n) is 12.9. The summed E-state index contributed by atoms with van der Waals surface area (Å²) in [6.45, 7) is 6.23. The van der Waals surface area contributed by atoms with Crippen LogP contribution in [0.25, 0.3) is 11.4 Å². The lowest BCUT2D eigenvalue weighted by atomic mass is 10.2. The molecule has 1 amide bonds. The lowest BCUT2D eigenvalue weighted by molar-refractivity contribution is -0.127. The highest BCUT2D eigenvalue weighted by Crippen LogP contribution is 2.27. The number of hydrogen-bond acceptors (Lipinski definition) is 5. The van der Waals surface area contributed by atoms with Gasteiger partial charge in [0, 0.05) is 38.6 Å². The second kappa shape index (κ2) is 7.22. The zero-order chi connectivity index (χ0) is 16.1. The summed E-state index contributed by atoms with van der Waals surface area (Å²) in [7, 11) is 3.49. The molecule has 0 spiro atoms. The van der Waals surface area contributed by atoms with Crippen molar-refractivity contribution in [2.24, 2.45) is 0 Å². The first-order chi connectivity index (χ1) is 10.5. The minimum atomic E-state index is -0.229. The molecule has 0 N–H and O–H groups in total. The van der Waals surface area contributed by atoms with Crippen molar-refractivity contribution in [2.45, 2.75) is 23.9 Å². The fourth-order valence-corrected chi connectivity index (χ4v) is 2.96. The predicted octanol–water partition coefficient (Wildman–Crippen LogP) is 2.09. The lowest BCUT2D eigenvalue weighted by Gasteiger charge is -2.16. The van der Waals surface area contributed by atoms with Crippen LogP contribution in [0.4, 0.5) is 0 Å². The molecule has 2 rings (SSSR count). The van der Waals surface area contributed by atoms with Gasteiger partial charge in [0.05, 0.1) is 5.25 Å². The van der Waals surface area contributed by atoms with Crippen molar-refractivity contribution in [1.82, 2.24) is 24.6 Å². The molecule has 0 aliphatic heterocycles. The van der Waals surface area contributed by atoms with E-state index in [0.717, 1.165) is 11.4 Å². The lowest BCUT2D eigenvalue weighted by Crippen LogP contribution is -2.29. The van der Waals surface area contributed by atoms with E-state index in [-0.39, 0.29) is 11.2 Å². The van der Waals surface area contributed by atoms with Crippen LogP contribution >= 0.6 is 11.8 Å². The third-order valence-corrected chi connectivity index (χ3v) is 4.11. The average Bonchev–Trinajstić information content (AvgIpc) is 2.90. The van der Waals surface area contributed by atoms with Crippen LogP contribution in [0.15, 0.2) is 42.3 Å². The maximum atomic E-state index is 12.0. The van der Waals surface area contributed by atoms with Gasteiger partial charge in [-0.3, -0.25) is 14.3 Å². The third-order valence-electron chi connectivity index (χ3n) is 3.04. The van der Waals surface area contributed by atoms with Gasteiger partial charge in [0.1, 0.15) is 0 Å². The molecule has 2 heterocycles. The fourth-order valence-electron chi connectivity index (χ4n) is 1.96. The van der Waals surface area contributed by atoms with Gasteiger partial charge < -0.3 is 4.90 Å². The standard InChI is InChI=1S/C15H19N5OS/c1-5-10-20-13(12-6-8-16-9-7-12)17-18-15(20)22-11(2)14(21)19(3)4/h5-9,11H,1,10H2,2-4H3/t11-/m0/s1. The van der Waals surface area contributed by atoms with E-state index < -0.39 is 0 Å². The van der Waals surface area contributed by atoms with Crippen molar-refractivity contribution >= 4 is 17.7 Å². The van der Waals surface area contributed by atoms with Crippen LogP contribution in [0.2, 0.25) is 0 Å². The van der Waals surface area contributed by atoms with Crippen LogP contribution < -0.4 is 0 Å². The molecule has 0 unspecified atom stereocenters. The van der Waals surface area contributed by atoms with E-state index >= 15 is 0 Å². The maximum absolute atomic E-state index is 12.0. The normalized spacial score (nSPS) is 12.0. The summed E-state index contributed by atoms with van der Waals surface area (Å²) in [6, 6.07) is 3.76. The number of carbonyl (C=O) groups is 1. The molecule has 22 heavy (non-hydrogen) atoms. The Hall–Kier alpha value is -2.15. The number of nitrogens with zero attached hydrogens (tertiary/aromatic N) is 5. The fraction of sp³-hybridized carbons (Fsp3) is 0.333. The monoisotopic (exact) mass is 317 g/mol. The quantitative estimate of drug-likeness (QED) is 0.603. The average molecular weight is 317 g/mol. The molecule has 0 aliphatic rings. The van der Waals surface area contributed by atoms with Gasteiger partial charge in [0.25, 0.3) is 0 Å². The van der Waals surface area contributed by atoms with Crippen LogP contribution in [0.3, 0.4) is 0 Å². The summed E-state index contributed by atoms with van der Waals surface area (Å²) in [4.78, 5) is 17.6. The predicted molar refractivity (Wildman–Crippen MR) is 87.5 cm³/mol. The number of rotatable bonds is 6. The number of allylic oxidation sites excluding steroid dienone is 1. The van der Waals surface area contributed by atoms with Crippen LogP contribution in [0.1, 0.15) is 6.92 Å². The third kappa shape index (κ3) is 3.54. The summed E-state index contributed by atoms with van der Waals surface area (Å²) < 4.78 is 1.95. The molecule has 0 radical (unpaired) electrons. The van der Waals surface area contributed by atoms with E-state index in [2.05, 4.69) is 21.8 Å². The maximum Gasteiger partial charge on any atom is 0.235 e. The Morgan fingerprint density at radius 3 is 2.68 bits per heavy atom. The van der Waals surface area contributed by atoms with Gasteiger partial charge in [0.15, 0.2) is 11.0 Å². The Morgan fingerprint density at radius 2 is 2.09 bits per heavy atom. The van der Waals surface area contributed by atoms with E-state index in [1.54, 1.807) is 37.5 Å². The Bertz CT molecular complexity index is 653. The summed E-state index contributed by atoms with van der Waals surface area (Å²) >= 11 is 1.40. The molecule has 2 aromatic rings. The van der Waals surface area contributed by atoms with Gasteiger partial charge in [0.2, 0.25) is 5.91 Å². The Balaban J connectivity index is 2.31. The molecule has 0 aliphatic carbocycles. The Labute approximate surface area is 134 Å². The first-order valence-corrected chi connectivity index (χ1v) is 7.75. The zero-order valence-corrected chi connectivity index (χ0v) is 13.7. The van der Waals surface area contributed by atoms with Crippen molar-refractivity contribution in [2.75, 3.05) is 14.1 Å². The Morgan fingerprint density at radius 1 is 1.41 bits per heavy atom. The molecule has 7 heteroatoms. The summed E-state index contributed by atoms with van der Waals surface area (Å²) in [6.07, 6.45) is 5.22. The highest BCUT2D eigenvalue weighted by molar-refractivity contribution is 8.00. The Kier molecular flexibility index (Phi) is 5.32. The molecule has 0 saturated heterocycles.